The van der Waals surface area contributed by atoms with Gasteiger partial charge in [0.05, 0.1) is 12.2 Å². The van der Waals surface area contributed by atoms with Crippen LogP contribution in [-0.2, 0) is 0 Å². The number of nitrogens with one attached hydrogen (secondary N) is 1. The molecule has 0 aliphatic heterocycles. The zero-order valence-corrected chi connectivity index (χ0v) is 7.28. The van der Waals surface area contributed by atoms with Crippen LogP contribution in [0.15, 0.2) is 18.2 Å². The molecule has 0 fully saturated rings. The summed E-state index contributed by atoms with van der Waals surface area (Å²) in [5.74, 6) is -0.593. The fourth-order valence-electron chi connectivity index (χ4n) is 0.820. The zero-order chi connectivity index (χ0) is 9.84. The number of halogens is 4. The molecule has 0 spiro atoms. The van der Waals surface area contributed by atoms with Gasteiger partial charge in [-0.05, 0) is 18.2 Å². The van der Waals surface area contributed by atoms with Gasteiger partial charge in [-0.2, -0.15) is 0 Å². The minimum absolute atomic E-state index is 0.00667. The van der Waals surface area contributed by atoms with Crippen molar-refractivity contribution in [1.82, 2.24) is 0 Å². The lowest BCUT2D eigenvalue weighted by Gasteiger charge is -2.06. The molecule has 0 saturated carbocycles. The van der Waals surface area contributed by atoms with Gasteiger partial charge in [0.2, 0.25) is 0 Å². The number of benzene rings is 1. The summed E-state index contributed by atoms with van der Waals surface area (Å²) >= 11 is 5.54. The molecule has 13 heavy (non-hydrogen) atoms. The highest BCUT2D eigenvalue weighted by Gasteiger charge is 2.05. The maximum Gasteiger partial charge on any atom is 0.255 e. The largest absolute Gasteiger partial charge is 0.377 e. The summed E-state index contributed by atoms with van der Waals surface area (Å²) in [4.78, 5) is 0. The Hall–Kier alpha value is -0.900. The summed E-state index contributed by atoms with van der Waals surface area (Å²) in [6.07, 6.45) is -2.52. The Labute approximate surface area is 78.5 Å². The van der Waals surface area contributed by atoms with Crippen LogP contribution in [0.3, 0.4) is 0 Å². The Morgan fingerprint density at radius 2 is 2.08 bits per heavy atom. The molecule has 0 radical (unpaired) electrons. The molecule has 1 nitrogen and oxygen atoms in total. The molecular formula is C8H7ClF3N. The number of rotatable bonds is 3. The van der Waals surface area contributed by atoms with Gasteiger partial charge in [0.15, 0.2) is 0 Å². The number of anilines is 1. The van der Waals surface area contributed by atoms with Crippen molar-refractivity contribution in [2.75, 3.05) is 11.9 Å². The van der Waals surface area contributed by atoms with E-state index in [2.05, 4.69) is 5.32 Å². The fourth-order valence-corrected chi connectivity index (χ4v) is 0.992. The molecule has 1 aromatic carbocycles. The van der Waals surface area contributed by atoms with Crippen molar-refractivity contribution in [1.29, 1.82) is 0 Å². The van der Waals surface area contributed by atoms with Gasteiger partial charge >= 0.3 is 0 Å². The molecule has 5 heteroatoms. The zero-order valence-electron chi connectivity index (χ0n) is 6.53. The molecule has 0 bridgehead atoms. The normalized spacial score (nSPS) is 10.5. The van der Waals surface area contributed by atoms with Crippen molar-refractivity contribution >= 4 is 17.3 Å². The summed E-state index contributed by atoms with van der Waals surface area (Å²) in [5, 5.41) is 2.55. The van der Waals surface area contributed by atoms with Crippen LogP contribution in [0.25, 0.3) is 0 Å². The molecule has 0 aliphatic rings. The highest BCUT2D eigenvalue weighted by atomic mass is 35.5. The van der Waals surface area contributed by atoms with Gasteiger partial charge in [0, 0.05) is 5.02 Å². The van der Waals surface area contributed by atoms with Crippen molar-refractivity contribution in [3.05, 3.63) is 29.0 Å². The molecule has 0 atom stereocenters. The van der Waals surface area contributed by atoms with Gasteiger partial charge in [-0.15, -0.1) is 0 Å². The standard InChI is InChI=1S/C8H7ClF3N/c9-5-1-2-6(10)7(3-5)13-4-8(11)12/h1-3,8,13H,4H2. The van der Waals surface area contributed by atoms with E-state index in [1.54, 1.807) is 0 Å². The van der Waals surface area contributed by atoms with E-state index >= 15 is 0 Å². The van der Waals surface area contributed by atoms with Crippen LogP contribution in [0.2, 0.25) is 5.02 Å². The van der Waals surface area contributed by atoms with E-state index in [1.807, 2.05) is 0 Å². The van der Waals surface area contributed by atoms with Crippen LogP contribution in [0.5, 0.6) is 0 Å². The lowest BCUT2D eigenvalue weighted by atomic mass is 10.3. The molecule has 0 aromatic heterocycles. The molecular weight excluding hydrogens is 203 g/mol. The second-order valence-corrected chi connectivity index (χ2v) is 2.83. The third-order valence-corrected chi connectivity index (χ3v) is 1.61. The lowest BCUT2D eigenvalue weighted by molar-refractivity contribution is 0.163. The first kappa shape index (κ1) is 10.2. The van der Waals surface area contributed by atoms with Crippen molar-refractivity contribution in [3.63, 3.8) is 0 Å². The number of alkyl halides is 2. The van der Waals surface area contributed by atoms with Crippen LogP contribution in [-0.4, -0.2) is 13.0 Å². The highest BCUT2D eigenvalue weighted by Crippen LogP contribution is 2.19. The van der Waals surface area contributed by atoms with E-state index < -0.39 is 18.8 Å². The van der Waals surface area contributed by atoms with E-state index in [-0.39, 0.29) is 5.69 Å². The van der Waals surface area contributed by atoms with Crippen LogP contribution >= 0.6 is 11.6 Å². The van der Waals surface area contributed by atoms with Gasteiger partial charge in [-0.1, -0.05) is 11.6 Å². The molecule has 0 unspecified atom stereocenters. The molecule has 1 rings (SSSR count). The van der Waals surface area contributed by atoms with E-state index in [0.717, 1.165) is 6.07 Å². The molecule has 1 aromatic rings. The van der Waals surface area contributed by atoms with Gasteiger partial charge in [0.25, 0.3) is 6.43 Å². The van der Waals surface area contributed by atoms with Gasteiger partial charge in [0.1, 0.15) is 5.82 Å². The topological polar surface area (TPSA) is 12.0 Å². The summed E-state index contributed by atoms with van der Waals surface area (Å²) in [6, 6.07) is 3.74. The number of hydrogen-bond acceptors (Lipinski definition) is 1. The Balaban J connectivity index is 2.70. The molecule has 0 saturated heterocycles. The van der Waals surface area contributed by atoms with Crippen molar-refractivity contribution in [2.45, 2.75) is 6.43 Å². The maximum absolute atomic E-state index is 12.9. The smallest absolute Gasteiger partial charge is 0.255 e. The highest BCUT2D eigenvalue weighted by molar-refractivity contribution is 6.30. The van der Waals surface area contributed by atoms with Crippen molar-refractivity contribution in [3.8, 4) is 0 Å². The minimum Gasteiger partial charge on any atom is -0.377 e. The second kappa shape index (κ2) is 4.37. The van der Waals surface area contributed by atoms with Crippen LogP contribution < -0.4 is 5.32 Å². The average molecular weight is 210 g/mol. The summed E-state index contributed by atoms with van der Waals surface area (Å²) in [5.41, 5.74) is -0.00667. The molecule has 0 amide bonds. The van der Waals surface area contributed by atoms with Gasteiger partial charge in [-0.25, -0.2) is 13.2 Å². The maximum atomic E-state index is 12.9. The first-order valence-electron chi connectivity index (χ1n) is 3.56. The van der Waals surface area contributed by atoms with Crippen molar-refractivity contribution < 1.29 is 13.2 Å². The summed E-state index contributed by atoms with van der Waals surface area (Å²) in [6.45, 7) is -0.586. The fraction of sp³-hybridized carbons (Fsp3) is 0.250. The Kier molecular flexibility index (Phi) is 3.42. The first-order chi connectivity index (χ1) is 6.09. The van der Waals surface area contributed by atoms with Crippen LogP contribution in [0, 0.1) is 5.82 Å². The molecule has 1 N–H and O–H groups in total. The average Bonchev–Trinajstić information content (AvgIpc) is 2.06. The summed E-state index contributed by atoms with van der Waals surface area (Å²) in [7, 11) is 0. The SMILES string of the molecule is Fc1ccc(Cl)cc1NCC(F)F. The first-order valence-corrected chi connectivity index (χ1v) is 3.94. The second-order valence-electron chi connectivity index (χ2n) is 2.40. The number of hydrogen-bond donors (Lipinski definition) is 1. The Morgan fingerprint density at radius 1 is 1.38 bits per heavy atom. The minimum atomic E-state index is -2.52. The van der Waals surface area contributed by atoms with Crippen LogP contribution in [0.1, 0.15) is 0 Å². The van der Waals surface area contributed by atoms with E-state index in [4.69, 9.17) is 11.6 Å². The lowest BCUT2D eigenvalue weighted by Crippen LogP contribution is -2.11. The molecule has 72 valence electrons. The third kappa shape index (κ3) is 3.14. The van der Waals surface area contributed by atoms with Crippen LogP contribution in [0.4, 0.5) is 18.9 Å². The summed E-state index contributed by atoms with van der Waals surface area (Å²) < 4.78 is 36.3. The quantitative estimate of drug-likeness (QED) is 0.807. The van der Waals surface area contributed by atoms with Crippen molar-refractivity contribution in [2.24, 2.45) is 0 Å². The predicted octanol–water partition coefficient (Wildman–Crippen LogP) is 3.16. The monoisotopic (exact) mass is 209 g/mol. The molecule has 0 aliphatic carbocycles. The van der Waals surface area contributed by atoms with E-state index in [1.165, 1.54) is 12.1 Å². The van der Waals surface area contributed by atoms with E-state index in [9.17, 15) is 13.2 Å². The molecule has 0 heterocycles. The van der Waals surface area contributed by atoms with Gasteiger partial charge in [-0.3, -0.25) is 0 Å². The van der Waals surface area contributed by atoms with E-state index in [0.29, 0.717) is 5.02 Å². The predicted molar refractivity (Wildman–Crippen MR) is 45.9 cm³/mol. The third-order valence-electron chi connectivity index (χ3n) is 1.38. The Morgan fingerprint density at radius 3 is 2.69 bits per heavy atom. The van der Waals surface area contributed by atoms with Gasteiger partial charge < -0.3 is 5.32 Å². The Bertz CT molecular complexity index is 291.